The second kappa shape index (κ2) is 10.9. The zero-order valence-corrected chi connectivity index (χ0v) is 15.2. The van der Waals surface area contributed by atoms with Crippen LogP contribution < -0.4 is 11.1 Å². The van der Waals surface area contributed by atoms with E-state index in [4.69, 9.17) is 5.73 Å². The van der Waals surface area contributed by atoms with E-state index in [1.807, 2.05) is 40.7 Å². The first kappa shape index (κ1) is 21.2. The molecule has 2 aromatic heterocycles. The predicted octanol–water partition coefficient (Wildman–Crippen LogP) is 2.57. The molecule has 6 heteroatoms. The fourth-order valence-electron chi connectivity index (χ4n) is 1.50. The van der Waals surface area contributed by atoms with Crippen molar-refractivity contribution in [2.75, 3.05) is 7.05 Å². The quantitative estimate of drug-likeness (QED) is 0.884. The van der Waals surface area contributed by atoms with E-state index in [1.54, 1.807) is 31.4 Å². The Bertz CT molecular complexity index is 667. The summed E-state index contributed by atoms with van der Waals surface area (Å²) in [6, 6.07) is 7.03. The first-order valence-electron chi connectivity index (χ1n) is 7.74. The number of amides is 2. The lowest BCUT2D eigenvalue weighted by molar-refractivity contribution is 0.0956. The fraction of sp³-hybridized carbons (Fsp3) is 0.333. The summed E-state index contributed by atoms with van der Waals surface area (Å²) >= 11 is 0. The number of hydrogen-bond donors (Lipinski definition) is 2. The molecule has 2 amide bonds. The van der Waals surface area contributed by atoms with Crippen LogP contribution >= 0.6 is 0 Å². The first-order chi connectivity index (χ1) is 11.3. The smallest absolute Gasteiger partial charge is 0.269 e. The number of nitrogens with two attached hydrogens (primary N) is 1. The Morgan fingerprint density at radius 3 is 2.00 bits per heavy atom. The molecular formula is C18H26N4O2. The van der Waals surface area contributed by atoms with Gasteiger partial charge in [0.1, 0.15) is 11.4 Å². The van der Waals surface area contributed by atoms with Gasteiger partial charge in [-0.15, -0.1) is 0 Å². The van der Waals surface area contributed by atoms with Crippen molar-refractivity contribution in [2.24, 2.45) is 5.73 Å². The molecule has 0 spiro atoms. The average molecular weight is 330 g/mol. The molecule has 3 N–H and O–H groups in total. The summed E-state index contributed by atoms with van der Waals surface area (Å²) in [6.45, 7) is 9.76. The van der Waals surface area contributed by atoms with Crippen LogP contribution in [0.4, 0.5) is 0 Å². The van der Waals surface area contributed by atoms with Crippen LogP contribution in [0.15, 0.2) is 30.5 Å². The molecule has 2 rings (SSSR count). The second-order valence-electron chi connectivity index (χ2n) is 4.76. The summed E-state index contributed by atoms with van der Waals surface area (Å²) in [7, 11) is 1.60. The number of rotatable bonds is 2. The summed E-state index contributed by atoms with van der Waals surface area (Å²) in [5.74, 6) is -0.627. The Morgan fingerprint density at radius 2 is 1.58 bits per heavy atom. The second-order valence-corrected chi connectivity index (χ2v) is 4.76. The van der Waals surface area contributed by atoms with Crippen molar-refractivity contribution in [2.45, 2.75) is 34.6 Å². The van der Waals surface area contributed by atoms with Crippen LogP contribution in [0.25, 0.3) is 0 Å². The third kappa shape index (κ3) is 7.00. The van der Waals surface area contributed by atoms with Crippen LogP contribution in [0.5, 0.6) is 0 Å². The molecule has 0 atom stereocenters. The van der Waals surface area contributed by atoms with Crippen molar-refractivity contribution < 1.29 is 9.59 Å². The molecule has 2 heterocycles. The van der Waals surface area contributed by atoms with Crippen LogP contribution in [0.3, 0.4) is 0 Å². The molecule has 2 aromatic rings. The minimum absolute atomic E-state index is 0.141. The van der Waals surface area contributed by atoms with Gasteiger partial charge in [-0.05, 0) is 44.0 Å². The Kier molecular flexibility index (Phi) is 9.63. The summed E-state index contributed by atoms with van der Waals surface area (Å²) in [4.78, 5) is 29.5. The molecular weight excluding hydrogens is 304 g/mol. The molecule has 24 heavy (non-hydrogen) atoms. The van der Waals surface area contributed by atoms with Gasteiger partial charge in [-0.3, -0.25) is 14.6 Å². The normalized spacial score (nSPS) is 8.92. The van der Waals surface area contributed by atoms with Gasteiger partial charge < -0.3 is 11.1 Å². The van der Waals surface area contributed by atoms with Crippen molar-refractivity contribution in [1.29, 1.82) is 0 Å². The summed E-state index contributed by atoms with van der Waals surface area (Å²) in [5.41, 5.74) is 8.76. The molecule has 0 saturated heterocycles. The maximum atomic E-state index is 11.1. The van der Waals surface area contributed by atoms with Crippen molar-refractivity contribution in [3.8, 4) is 0 Å². The Hall–Kier alpha value is -2.76. The number of nitrogens with one attached hydrogen (secondary N) is 1. The van der Waals surface area contributed by atoms with Crippen LogP contribution in [0.1, 0.15) is 51.6 Å². The SMILES string of the molecule is CC.CNC(=O)c1ccc(C)c(C)n1.Cc1ccc(C(N)=O)nc1. The van der Waals surface area contributed by atoms with E-state index in [-0.39, 0.29) is 5.91 Å². The van der Waals surface area contributed by atoms with Gasteiger partial charge in [0.2, 0.25) is 0 Å². The molecule has 130 valence electrons. The Labute approximate surface area is 143 Å². The monoisotopic (exact) mass is 330 g/mol. The van der Waals surface area contributed by atoms with Crippen molar-refractivity contribution in [3.63, 3.8) is 0 Å². The van der Waals surface area contributed by atoms with Crippen LogP contribution in [0, 0.1) is 20.8 Å². The number of aromatic nitrogens is 2. The maximum absolute atomic E-state index is 11.1. The highest BCUT2D eigenvalue weighted by atomic mass is 16.2. The van der Waals surface area contributed by atoms with E-state index < -0.39 is 5.91 Å². The highest BCUT2D eigenvalue weighted by molar-refractivity contribution is 5.92. The third-order valence-electron chi connectivity index (χ3n) is 2.97. The lowest BCUT2D eigenvalue weighted by Gasteiger charge is -2.01. The number of primary amides is 1. The van der Waals surface area contributed by atoms with Crippen molar-refractivity contribution in [3.05, 3.63) is 58.7 Å². The molecule has 0 aliphatic rings. The van der Waals surface area contributed by atoms with Gasteiger partial charge in [-0.2, -0.15) is 0 Å². The number of carbonyl (C=O) groups excluding carboxylic acids is 2. The van der Waals surface area contributed by atoms with Gasteiger partial charge in [-0.1, -0.05) is 26.0 Å². The van der Waals surface area contributed by atoms with Gasteiger partial charge in [0.15, 0.2) is 0 Å². The standard InChI is InChI=1S/C9H12N2O.C7H8N2O.C2H6/c1-6-4-5-8(9(12)10-3)11-7(6)2;1-5-2-3-6(7(8)10)9-4-5;1-2/h4-5H,1-3H3,(H,10,12);2-4H,1H3,(H2,8,10);1-2H3. The lowest BCUT2D eigenvalue weighted by Crippen LogP contribution is -2.19. The fourth-order valence-corrected chi connectivity index (χ4v) is 1.50. The molecule has 0 aromatic carbocycles. The molecule has 0 radical (unpaired) electrons. The minimum atomic E-state index is -0.486. The van der Waals surface area contributed by atoms with Gasteiger partial charge >= 0.3 is 0 Å². The van der Waals surface area contributed by atoms with Crippen molar-refractivity contribution >= 4 is 11.8 Å². The van der Waals surface area contributed by atoms with E-state index in [0.717, 1.165) is 16.8 Å². The molecule has 0 unspecified atom stereocenters. The highest BCUT2D eigenvalue weighted by Gasteiger charge is 2.04. The summed E-state index contributed by atoms with van der Waals surface area (Å²) in [6.07, 6.45) is 1.61. The Balaban J connectivity index is 0.000000405. The molecule has 0 aliphatic heterocycles. The first-order valence-corrected chi connectivity index (χ1v) is 7.74. The number of carbonyl (C=O) groups is 2. The van der Waals surface area contributed by atoms with Gasteiger partial charge in [-0.25, -0.2) is 4.98 Å². The zero-order chi connectivity index (χ0) is 18.7. The van der Waals surface area contributed by atoms with Crippen LogP contribution in [-0.4, -0.2) is 28.8 Å². The van der Waals surface area contributed by atoms with Gasteiger partial charge in [0.25, 0.3) is 11.8 Å². The van der Waals surface area contributed by atoms with Crippen LogP contribution in [-0.2, 0) is 0 Å². The summed E-state index contributed by atoms with van der Waals surface area (Å²) < 4.78 is 0. The van der Waals surface area contributed by atoms with Gasteiger partial charge in [0.05, 0.1) is 0 Å². The van der Waals surface area contributed by atoms with E-state index in [9.17, 15) is 9.59 Å². The number of pyridine rings is 2. The minimum Gasteiger partial charge on any atom is -0.364 e. The highest BCUT2D eigenvalue weighted by Crippen LogP contribution is 2.04. The van der Waals surface area contributed by atoms with Gasteiger partial charge in [0, 0.05) is 18.9 Å². The summed E-state index contributed by atoms with van der Waals surface area (Å²) in [5, 5.41) is 2.53. The largest absolute Gasteiger partial charge is 0.364 e. The number of hydrogen-bond acceptors (Lipinski definition) is 4. The molecule has 0 saturated carbocycles. The van der Waals surface area contributed by atoms with Crippen LogP contribution in [0.2, 0.25) is 0 Å². The van der Waals surface area contributed by atoms with E-state index >= 15 is 0 Å². The molecule has 0 bridgehead atoms. The van der Waals surface area contributed by atoms with E-state index in [1.165, 1.54) is 0 Å². The third-order valence-corrected chi connectivity index (χ3v) is 2.97. The number of aryl methyl sites for hydroxylation is 3. The zero-order valence-electron chi connectivity index (χ0n) is 15.2. The molecule has 6 nitrogen and oxygen atoms in total. The topological polar surface area (TPSA) is 98.0 Å². The lowest BCUT2D eigenvalue weighted by atomic mass is 10.2. The number of nitrogens with zero attached hydrogens (tertiary/aromatic N) is 2. The van der Waals surface area contributed by atoms with Crippen molar-refractivity contribution in [1.82, 2.24) is 15.3 Å². The molecule has 0 aliphatic carbocycles. The van der Waals surface area contributed by atoms with E-state index in [2.05, 4.69) is 15.3 Å². The average Bonchev–Trinajstić information content (AvgIpc) is 2.59. The molecule has 0 fully saturated rings. The predicted molar refractivity (Wildman–Crippen MR) is 95.9 cm³/mol. The van der Waals surface area contributed by atoms with E-state index in [0.29, 0.717) is 11.4 Å². The Morgan fingerprint density at radius 1 is 1.00 bits per heavy atom. The maximum Gasteiger partial charge on any atom is 0.269 e.